The molecule has 0 N–H and O–H groups in total. The Kier molecular flexibility index (Phi) is 5.87. The van der Waals surface area contributed by atoms with Crippen LogP contribution in [0.25, 0.3) is 0 Å². The first kappa shape index (κ1) is 19.7. The molecule has 0 amide bonds. The molecule has 0 aromatic carbocycles. The molecular formula is C13H30BClO4Si2. The lowest BCUT2D eigenvalue weighted by molar-refractivity contribution is 0.00578. The van der Waals surface area contributed by atoms with Gasteiger partial charge in [-0.1, -0.05) is 0 Å². The summed E-state index contributed by atoms with van der Waals surface area (Å²) >= 11 is 6.39. The van der Waals surface area contributed by atoms with Gasteiger partial charge in [0.15, 0.2) is 0 Å². The smallest absolute Gasteiger partial charge is 0.424 e. The van der Waals surface area contributed by atoms with Crippen molar-refractivity contribution in [1.29, 1.82) is 0 Å². The molecule has 0 aliphatic carbocycles. The van der Waals surface area contributed by atoms with Crippen LogP contribution >= 0.6 is 11.1 Å². The second-order valence-electron chi connectivity index (χ2n) is 7.66. The molecule has 8 heteroatoms. The van der Waals surface area contributed by atoms with Crippen molar-refractivity contribution in [3.63, 3.8) is 0 Å². The van der Waals surface area contributed by atoms with Gasteiger partial charge in [0.05, 0.1) is 11.2 Å². The molecule has 21 heavy (non-hydrogen) atoms. The third-order valence-electron chi connectivity index (χ3n) is 3.78. The van der Waals surface area contributed by atoms with Gasteiger partial charge in [0.2, 0.25) is 0 Å². The Balaban J connectivity index is 2.84. The van der Waals surface area contributed by atoms with Crippen molar-refractivity contribution in [2.24, 2.45) is 0 Å². The fourth-order valence-electron chi connectivity index (χ4n) is 2.48. The topological polar surface area (TPSA) is 36.9 Å². The highest BCUT2D eigenvalue weighted by Gasteiger charge is 2.55. The first-order valence-electron chi connectivity index (χ1n) is 7.58. The molecule has 0 aromatic rings. The zero-order chi connectivity index (χ0) is 16.7. The maximum atomic E-state index is 6.39. The Morgan fingerprint density at radius 3 is 1.81 bits per heavy atom. The normalized spacial score (nSPS) is 24.4. The van der Waals surface area contributed by atoms with E-state index in [1.165, 1.54) is 0 Å². The van der Waals surface area contributed by atoms with Gasteiger partial charge in [-0.15, -0.1) is 11.1 Å². The van der Waals surface area contributed by atoms with E-state index in [4.69, 9.17) is 28.9 Å². The average Bonchev–Trinajstić information content (AvgIpc) is 2.26. The Morgan fingerprint density at radius 1 is 1.05 bits per heavy atom. The standard InChI is InChI=1S/C13H30BClO4Si2/c1-11(2)16-21(9,19-20(7,8)15)10-14-17-12(3,4)13(5,6)18-14/h11H,10H2,1-9H3. The first-order chi connectivity index (χ1) is 9.16. The summed E-state index contributed by atoms with van der Waals surface area (Å²) in [5, 5.41) is 0. The molecule has 1 fully saturated rings. The fraction of sp³-hybridized carbons (Fsp3) is 1.00. The molecule has 124 valence electrons. The third kappa shape index (κ3) is 5.64. The second-order valence-corrected chi connectivity index (χ2v) is 16.8. The summed E-state index contributed by atoms with van der Waals surface area (Å²) in [6.45, 7) is 18.2. The highest BCUT2D eigenvalue weighted by Crippen LogP contribution is 2.39. The van der Waals surface area contributed by atoms with Crippen molar-refractivity contribution in [3.05, 3.63) is 0 Å². The minimum atomic E-state index is -2.46. The Morgan fingerprint density at radius 2 is 1.48 bits per heavy atom. The van der Waals surface area contributed by atoms with Crippen LogP contribution in [0.5, 0.6) is 0 Å². The van der Waals surface area contributed by atoms with Gasteiger partial charge in [0, 0.05) is 12.0 Å². The summed E-state index contributed by atoms with van der Waals surface area (Å²) < 4.78 is 24.5. The maximum absolute atomic E-state index is 6.39. The summed E-state index contributed by atoms with van der Waals surface area (Å²) in [5.74, 6) is 0.626. The highest BCUT2D eigenvalue weighted by atomic mass is 35.6. The van der Waals surface area contributed by atoms with Crippen LogP contribution < -0.4 is 0 Å². The molecule has 1 heterocycles. The molecule has 1 unspecified atom stereocenters. The molecule has 1 rings (SSSR count). The van der Waals surface area contributed by atoms with Gasteiger partial charge in [-0.2, -0.15) is 0 Å². The largest absolute Gasteiger partial charge is 0.459 e. The number of hydrogen-bond acceptors (Lipinski definition) is 4. The SMILES string of the molecule is CC(C)O[Si](C)(CB1OC(C)(C)C(C)(C)O1)O[Si](C)(C)Cl. The van der Waals surface area contributed by atoms with E-state index in [1.54, 1.807) is 0 Å². The lowest BCUT2D eigenvalue weighted by atomic mass is 9.90. The van der Waals surface area contributed by atoms with E-state index < -0.39 is 16.2 Å². The van der Waals surface area contributed by atoms with E-state index in [0.717, 1.165) is 0 Å². The molecule has 1 aliphatic heterocycles. The summed E-state index contributed by atoms with van der Waals surface area (Å²) in [4.78, 5) is 0. The van der Waals surface area contributed by atoms with Gasteiger partial charge in [-0.3, -0.25) is 0 Å². The number of hydrogen-bond donors (Lipinski definition) is 0. The van der Waals surface area contributed by atoms with Crippen molar-refractivity contribution in [1.82, 2.24) is 0 Å². The van der Waals surface area contributed by atoms with Crippen LogP contribution in [0.3, 0.4) is 0 Å². The van der Waals surface area contributed by atoms with E-state index in [0.29, 0.717) is 5.94 Å². The second kappa shape index (κ2) is 6.26. The average molecular weight is 353 g/mol. The van der Waals surface area contributed by atoms with Gasteiger partial charge in [0.25, 0.3) is 7.63 Å². The maximum Gasteiger partial charge on any atom is 0.459 e. The van der Waals surface area contributed by atoms with Gasteiger partial charge in [0.1, 0.15) is 0 Å². The monoisotopic (exact) mass is 352 g/mol. The molecule has 1 saturated heterocycles. The van der Waals surface area contributed by atoms with Crippen LogP contribution in [0.15, 0.2) is 0 Å². The third-order valence-corrected chi connectivity index (χ3v) is 10.2. The summed E-state index contributed by atoms with van der Waals surface area (Å²) in [7, 11) is -4.97. The number of halogens is 1. The van der Waals surface area contributed by atoms with Crippen LogP contribution in [-0.2, 0) is 17.8 Å². The van der Waals surface area contributed by atoms with Crippen LogP contribution in [0.2, 0.25) is 25.6 Å². The quantitative estimate of drug-likeness (QED) is 0.533. The molecule has 4 nitrogen and oxygen atoms in total. The number of rotatable bonds is 6. The molecule has 1 aliphatic rings. The Labute approximate surface area is 137 Å². The van der Waals surface area contributed by atoms with Crippen molar-refractivity contribution in [2.75, 3.05) is 0 Å². The predicted octanol–water partition coefficient (Wildman–Crippen LogP) is 4.07. The molecule has 1 atom stereocenters. The minimum Gasteiger partial charge on any atom is -0.424 e. The predicted molar refractivity (Wildman–Crippen MR) is 93.1 cm³/mol. The molecule has 0 spiro atoms. The lowest BCUT2D eigenvalue weighted by Crippen LogP contribution is -2.51. The van der Waals surface area contributed by atoms with Crippen LogP contribution in [0.4, 0.5) is 0 Å². The van der Waals surface area contributed by atoms with E-state index in [1.807, 2.05) is 26.9 Å². The van der Waals surface area contributed by atoms with Gasteiger partial charge in [-0.25, -0.2) is 0 Å². The lowest BCUT2D eigenvalue weighted by Gasteiger charge is -2.34. The first-order valence-corrected chi connectivity index (χ1v) is 14.0. The van der Waals surface area contributed by atoms with Crippen molar-refractivity contribution >= 4 is 34.4 Å². The summed E-state index contributed by atoms with van der Waals surface area (Å²) in [6, 6.07) is 0. The van der Waals surface area contributed by atoms with E-state index >= 15 is 0 Å². The van der Waals surface area contributed by atoms with Crippen molar-refractivity contribution in [2.45, 2.75) is 84.4 Å². The van der Waals surface area contributed by atoms with Crippen LogP contribution in [-0.4, -0.2) is 40.6 Å². The Bertz CT molecular complexity index is 358. The molecule has 0 radical (unpaired) electrons. The zero-order valence-corrected chi connectivity index (χ0v) is 17.6. The highest BCUT2D eigenvalue weighted by molar-refractivity contribution is 7.17. The van der Waals surface area contributed by atoms with Gasteiger partial charge < -0.3 is 17.8 Å². The van der Waals surface area contributed by atoms with Crippen molar-refractivity contribution in [3.8, 4) is 0 Å². The van der Waals surface area contributed by atoms with E-state index in [2.05, 4.69) is 34.2 Å². The van der Waals surface area contributed by atoms with Gasteiger partial charge >= 0.3 is 15.7 Å². The van der Waals surface area contributed by atoms with Crippen LogP contribution in [0.1, 0.15) is 41.5 Å². The zero-order valence-electron chi connectivity index (χ0n) is 14.9. The molecular weight excluding hydrogens is 323 g/mol. The molecule has 0 aromatic heterocycles. The van der Waals surface area contributed by atoms with E-state index in [-0.39, 0.29) is 24.4 Å². The molecule has 0 saturated carbocycles. The minimum absolute atomic E-state index is 0.0945. The van der Waals surface area contributed by atoms with Gasteiger partial charge in [-0.05, 0) is 61.2 Å². The van der Waals surface area contributed by atoms with E-state index in [9.17, 15) is 0 Å². The van der Waals surface area contributed by atoms with Crippen molar-refractivity contribution < 1.29 is 17.8 Å². The Hall–Kier alpha value is 0.629. The summed E-state index contributed by atoms with van der Waals surface area (Å²) in [5.41, 5.74) is -0.669. The summed E-state index contributed by atoms with van der Waals surface area (Å²) in [6.07, 6.45) is 0.0945. The van der Waals surface area contributed by atoms with Crippen LogP contribution in [0, 0.1) is 0 Å². The fourth-order valence-corrected chi connectivity index (χ4v) is 10.4. The molecule has 0 bridgehead atoms.